The summed E-state index contributed by atoms with van der Waals surface area (Å²) in [4.78, 5) is 9.10. The van der Waals surface area contributed by atoms with Crippen LogP contribution in [0.3, 0.4) is 0 Å². The van der Waals surface area contributed by atoms with Gasteiger partial charge in [-0.05, 0) is 13.8 Å². The zero-order chi connectivity index (χ0) is 8.55. The molecular weight excluding hydrogens is 174 g/mol. The lowest BCUT2D eigenvalue weighted by molar-refractivity contribution is 0.426. The molecular formula is C7H7N3OS. The first-order chi connectivity index (χ1) is 5.75. The highest BCUT2D eigenvalue weighted by molar-refractivity contribution is 7.14. The number of hydrogen-bond donors (Lipinski definition) is 0. The fourth-order valence-corrected chi connectivity index (χ4v) is 1.56. The molecule has 0 unspecified atom stereocenters. The predicted octanol–water partition coefficient (Wildman–Crippen LogP) is 1.81. The van der Waals surface area contributed by atoms with E-state index < -0.39 is 0 Å². The molecule has 0 saturated carbocycles. The van der Waals surface area contributed by atoms with E-state index in [2.05, 4.69) is 15.1 Å². The fourth-order valence-electron chi connectivity index (χ4n) is 0.857. The molecule has 2 rings (SSSR count). The van der Waals surface area contributed by atoms with Gasteiger partial charge in [-0.2, -0.15) is 4.98 Å². The number of aromatic nitrogens is 3. The van der Waals surface area contributed by atoms with Gasteiger partial charge in [0.25, 0.3) is 5.89 Å². The molecule has 2 aromatic heterocycles. The van der Waals surface area contributed by atoms with E-state index in [4.69, 9.17) is 4.52 Å². The summed E-state index contributed by atoms with van der Waals surface area (Å²) < 4.78 is 4.97. The van der Waals surface area contributed by atoms with E-state index in [9.17, 15) is 0 Å². The third-order valence-electron chi connectivity index (χ3n) is 1.36. The van der Waals surface area contributed by atoms with Crippen LogP contribution < -0.4 is 0 Å². The highest BCUT2D eigenvalue weighted by Crippen LogP contribution is 2.23. The van der Waals surface area contributed by atoms with Crippen LogP contribution in [0.15, 0.2) is 10.7 Å². The number of hydrogen-bond acceptors (Lipinski definition) is 5. The Morgan fingerprint density at radius 1 is 1.42 bits per heavy atom. The minimum absolute atomic E-state index is 0.554. The van der Waals surface area contributed by atoms with Crippen molar-refractivity contribution in [3.63, 3.8) is 0 Å². The molecule has 0 atom stereocenters. The normalized spacial score (nSPS) is 10.5. The molecule has 5 heteroatoms. The number of nitrogens with zero attached hydrogens (tertiary/aromatic N) is 3. The highest BCUT2D eigenvalue weighted by atomic mass is 32.1. The van der Waals surface area contributed by atoms with Crippen molar-refractivity contribution in [1.82, 2.24) is 15.1 Å². The summed E-state index contributed by atoms with van der Waals surface area (Å²) in [6, 6.07) is 0. The third kappa shape index (κ3) is 1.23. The van der Waals surface area contributed by atoms with E-state index in [1.807, 2.05) is 6.92 Å². The Bertz CT molecular complexity index is 355. The monoisotopic (exact) mass is 181 g/mol. The first-order valence-electron chi connectivity index (χ1n) is 3.49. The Morgan fingerprint density at radius 3 is 2.75 bits per heavy atom. The van der Waals surface area contributed by atoms with Gasteiger partial charge in [-0.15, -0.1) is 11.3 Å². The first-order valence-corrected chi connectivity index (χ1v) is 4.30. The van der Waals surface area contributed by atoms with Gasteiger partial charge in [-0.25, -0.2) is 4.98 Å². The van der Waals surface area contributed by atoms with Crippen molar-refractivity contribution in [2.45, 2.75) is 13.8 Å². The van der Waals surface area contributed by atoms with E-state index in [1.54, 1.807) is 24.5 Å². The van der Waals surface area contributed by atoms with Crippen molar-refractivity contribution in [2.24, 2.45) is 0 Å². The van der Waals surface area contributed by atoms with Crippen molar-refractivity contribution in [3.8, 4) is 10.8 Å². The van der Waals surface area contributed by atoms with Crippen molar-refractivity contribution in [1.29, 1.82) is 0 Å². The molecule has 0 N–H and O–H groups in total. The summed E-state index contributed by atoms with van der Waals surface area (Å²) in [5, 5.41) is 4.70. The Morgan fingerprint density at radius 2 is 2.25 bits per heavy atom. The average Bonchev–Trinajstić information content (AvgIpc) is 2.58. The van der Waals surface area contributed by atoms with Gasteiger partial charge in [0.15, 0.2) is 5.82 Å². The molecule has 0 saturated heterocycles. The van der Waals surface area contributed by atoms with Gasteiger partial charge in [-0.1, -0.05) is 5.16 Å². The van der Waals surface area contributed by atoms with Crippen LogP contribution in [0.5, 0.6) is 0 Å². The molecule has 62 valence electrons. The average molecular weight is 181 g/mol. The smallest absolute Gasteiger partial charge is 0.269 e. The molecule has 0 spiro atoms. The molecule has 2 aromatic rings. The molecule has 0 aliphatic carbocycles. The van der Waals surface area contributed by atoms with Crippen LogP contribution in [-0.2, 0) is 0 Å². The van der Waals surface area contributed by atoms with Crippen LogP contribution in [0.25, 0.3) is 10.8 Å². The molecule has 0 aromatic carbocycles. The summed E-state index contributed by atoms with van der Waals surface area (Å²) in [6.45, 7) is 3.73. The maximum absolute atomic E-state index is 4.97. The first kappa shape index (κ1) is 7.42. The van der Waals surface area contributed by atoms with Crippen molar-refractivity contribution in [3.05, 3.63) is 17.0 Å². The second-order valence-electron chi connectivity index (χ2n) is 2.39. The zero-order valence-corrected chi connectivity index (χ0v) is 7.55. The van der Waals surface area contributed by atoms with E-state index >= 15 is 0 Å². The maximum atomic E-state index is 4.97. The SMILES string of the molecule is Cc1noc(-c2cnc(C)s2)n1. The van der Waals surface area contributed by atoms with Crippen LogP contribution in [-0.4, -0.2) is 15.1 Å². The predicted molar refractivity (Wildman–Crippen MR) is 44.9 cm³/mol. The molecule has 4 nitrogen and oxygen atoms in total. The van der Waals surface area contributed by atoms with Gasteiger partial charge >= 0.3 is 0 Å². The van der Waals surface area contributed by atoms with Gasteiger partial charge in [0.1, 0.15) is 4.88 Å². The van der Waals surface area contributed by atoms with Crippen LogP contribution in [0.1, 0.15) is 10.8 Å². The largest absolute Gasteiger partial charge is 0.333 e. The summed E-state index contributed by atoms with van der Waals surface area (Å²) in [6.07, 6.45) is 1.74. The van der Waals surface area contributed by atoms with Crippen molar-refractivity contribution in [2.75, 3.05) is 0 Å². The van der Waals surface area contributed by atoms with Crippen molar-refractivity contribution >= 4 is 11.3 Å². The molecule has 12 heavy (non-hydrogen) atoms. The van der Waals surface area contributed by atoms with E-state index in [0.29, 0.717) is 11.7 Å². The highest BCUT2D eigenvalue weighted by Gasteiger charge is 2.08. The summed E-state index contributed by atoms with van der Waals surface area (Å²) in [5.41, 5.74) is 0. The van der Waals surface area contributed by atoms with Crippen LogP contribution in [0.4, 0.5) is 0 Å². The standard InChI is InChI=1S/C7H7N3OS/c1-4-9-7(11-10-4)6-3-8-5(2)12-6/h3H,1-2H3. The molecule has 0 fully saturated rings. The topological polar surface area (TPSA) is 51.8 Å². The van der Waals surface area contributed by atoms with Crippen LogP contribution in [0, 0.1) is 13.8 Å². The lowest BCUT2D eigenvalue weighted by atomic mass is 10.5. The van der Waals surface area contributed by atoms with Gasteiger partial charge in [-0.3, -0.25) is 0 Å². The van der Waals surface area contributed by atoms with Gasteiger partial charge < -0.3 is 4.52 Å². The summed E-state index contributed by atoms with van der Waals surface area (Å²) in [5.74, 6) is 1.20. The van der Waals surface area contributed by atoms with Crippen molar-refractivity contribution < 1.29 is 4.52 Å². The third-order valence-corrected chi connectivity index (χ3v) is 2.26. The minimum atomic E-state index is 0.554. The van der Waals surface area contributed by atoms with E-state index in [-0.39, 0.29) is 0 Å². The van der Waals surface area contributed by atoms with Gasteiger partial charge in [0.05, 0.1) is 11.2 Å². The summed E-state index contributed by atoms with van der Waals surface area (Å²) in [7, 11) is 0. The Hall–Kier alpha value is -1.23. The zero-order valence-electron chi connectivity index (χ0n) is 6.74. The quantitative estimate of drug-likeness (QED) is 0.673. The Balaban J connectivity index is 2.43. The lowest BCUT2D eigenvalue weighted by Gasteiger charge is -1.80. The van der Waals surface area contributed by atoms with Gasteiger partial charge in [0.2, 0.25) is 0 Å². The maximum Gasteiger partial charge on any atom is 0.269 e. The van der Waals surface area contributed by atoms with E-state index in [1.165, 1.54) is 0 Å². The van der Waals surface area contributed by atoms with Gasteiger partial charge in [0, 0.05) is 0 Å². The fraction of sp³-hybridized carbons (Fsp3) is 0.286. The van der Waals surface area contributed by atoms with Crippen LogP contribution in [0.2, 0.25) is 0 Å². The molecule has 0 aliphatic heterocycles. The lowest BCUT2D eigenvalue weighted by Crippen LogP contribution is -1.72. The molecule has 0 aliphatic rings. The summed E-state index contributed by atoms with van der Waals surface area (Å²) >= 11 is 1.55. The molecule has 0 bridgehead atoms. The van der Waals surface area contributed by atoms with E-state index in [0.717, 1.165) is 9.88 Å². The second-order valence-corrected chi connectivity index (χ2v) is 3.63. The molecule has 0 amide bonds. The Kier molecular flexibility index (Phi) is 1.65. The number of thiazole rings is 1. The second kappa shape index (κ2) is 2.67. The molecule has 0 radical (unpaired) electrons. The minimum Gasteiger partial charge on any atom is -0.333 e. The molecule has 2 heterocycles. The van der Waals surface area contributed by atoms with Crippen LogP contribution >= 0.6 is 11.3 Å². The Labute approximate surface area is 73.3 Å². The number of rotatable bonds is 1. The number of aryl methyl sites for hydroxylation is 2.